The van der Waals surface area contributed by atoms with E-state index in [0.717, 1.165) is 5.75 Å². The first-order valence-corrected chi connectivity index (χ1v) is 8.00. The smallest absolute Gasteiger partial charge is 0.00721 e. The van der Waals surface area contributed by atoms with Gasteiger partial charge in [-0.2, -0.15) is 12.6 Å². The van der Waals surface area contributed by atoms with E-state index in [1.807, 2.05) is 11.8 Å². The van der Waals surface area contributed by atoms with Gasteiger partial charge < -0.3 is 0 Å². The lowest BCUT2D eigenvalue weighted by molar-refractivity contribution is 0.590. The maximum Gasteiger partial charge on any atom is 0.00721 e. The van der Waals surface area contributed by atoms with Gasteiger partial charge in [-0.25, -0.2) is 0 Å². The highest BCUT2D eigenvalue weighted by Gasteiger charge is 2.12. The number of hydrogen-bond donors (Lipinski definition) is 1. The van der Waals surface area contributed by atoms with Crippen molar-refractivity contribution in [3.8, 4) is 0 Å². The molecule has 0 aromatic heterocycles. The van der Waals surface area contributed by atoms with Crippen molar-refractivity contribution >= 4 is 24.4 Å². The van der Waals surface area contributed by atoms with Crippen LogP contribution in [0.5, 0.6) is 0 Å². The Morgan fingerprint density at radius 3 is 2.18 bits per heavy atom. The molecule has 0 N–H and O–H groups in total. The van der Waals surface area contributed by atoms with Gasteiger partial charge in [0.15, 0.2) is 0 Å². The number of rotatable bonds is 6. The van der Waals surface area contributed by atoms with Gasteiger partial charge in [0.05, 0.1) is 0 Å². The van der Waals surface area contributed by atoms with Gasteiger partial charge in [-0.1, -0.05) is 39.3 Å². The normalized spacial score (nSPS) is 11.8. The van der Waals surface area contributed by atoms with E-state index >= 15 is 0 Å². The molecule has 0 fully saturated rings. The van der Waals surface area contributed by atoms with Crippen LogP contribution in [0.1, 0.15) is 45.6 Å². The summed E-state index contributed by atoms with van der Waals surface area (Å²) in [5, 5.41) is 0. The minimum atomic E-state index is 0.260. The van der Waals surface area contributed by atoms with Gasteiger partial charge >= 0.3 is 0 Å². The molecule has 0 saturated carbocycles. The second kappa shape index (κ2) is 7.38. The summed E-state index contributed by atoms with van der Waals surface area (Å²) in [5.74, 6) is 2.24. The van der Waals surface area contributed by atoms with Gasteiger partial charge in [0.25, 0.3) is 0 Å². The van der Waals surface area contributed by atoms with E-state index in [4.69, 9.17) is 0 Å². The van der Waals surface area contributed by atoms with Crippen molar-refractivity contribution < 1.29 is 0 Å². The second-order valence-electron chi connectivity index (χ2n) is 5.41. The molecule has 1 aromatic carbocycles. The number of unbranched alkanes of at least 4 members (excludes halogenated alkanes) is 2. The zero-order chi connectivity index (χ0) is 12.7. The largest absolute Gasteiger partial charge is 0.179 e. The fraction of sp³-hybridized carbons (Fsp3) is 0.600. The Morgan fingerprint density at radius 2 is 1.65 bits per heavy atom. The zero-order valence-electron chi connectivity index (χ0n) is 11.2. The number of thiol groups is 1. The summed E-state index contributed by atoms with van der Waals surface area (Å²) >= 11 is 6.19. The molecule has 0 atom stereocenters. The minimum absolute atomic E-state index is 0.260. The summed E-state index contributed by atoms with van der Waals surface area (Å²) in [5.41, 5.74) is 1.67. The molecule has 1 aromatic rings. The molecular weight excluding hydrogens is 244 g/mol. The highest BCUT2D eigenvalue weighted by molar-refractivity contribution is 7.99. The van der Waals surface area contributed by atoms with Crippen LogP contribution in [0.2, 0.25) is 0 Å². The van der Waals surface area contributed by atoms with E-state index in [9.17, 15) is 0 Å². The Morgan fingerprint density at radius 1 is 1.00 bits per heavy atom. The fourth-order valence-electron chi connectivity index (χ4n) is 1.63. The third-order valence-electron chi connectivity index (χ3n) is 2.79. The first-order valence-electron chi connectivity index (χ1n) is 6.38. The molecule has 0 nitrogen and oxygen atoms in total. The molecule has 96 valence electrons. The predicted octanol–water partition coefficient (Wildman–Crippen LogP) is 5.18. The lowest BCUT2D eigenvalue weighted by Crippen LogP contribution is -2.10. The molecule has 2 heteroatoms. The van der Waals surface area contributed by atoms with Crippen LogP contribution in [0.15, 0.2) is 29.2 Å². The van der Waals surface area contributed by atoms with Gasteiger partial charge in [0.2, 0.25) is 0 Å². The van der Waals surface area contributed by atoms with Gasteiger partial charge in [0.1, 0.15) is 0 Å². The summed E-state index contributed by atoms with van der Waals surface area (Å²) in [4.78, 5) is 1.39. The lowest BCUT2D eigenvalue weighted by Gasteiger charge is -2.19. The maximum absolute atomic E-state index is 4.22. The Bertz CT molecular complexity index is 309. The molecule has 0 amide bonds. The van der Waals surface area contributed by atoms with Crippen LogP contribution in [0, 0.1) is 0 Å². The van der Waals surface area contributed by atoms with Gasteiger partial charge in [-0.15, -0.1) is 11.8 Å². The predicted molar refractivity (Wildman–Crippen MR) is 83.6 cm³/mol. The minimum Gasteiger partial charge on any atom is -0.179 e. The molecule has 0 unspecified atom stereocenters. The highest BCUT2D eigenvalue weighted by Crippen LogP contribution is 2.26. The van der Waals surface area contributed by atoms with Crippen molar-refractivity contribution in [2.75, 3.05) is 11.5 Å². The zero-order valence-corrected chi connectivity index (χ0v) is 12.9. The molecule has 0 aliphatic carbocycles. The maximum atomic E-state index is 4.22. The summed E-state index contributed by atoms with van der Waals surface area (Å²) in [6, 6.07) is 9.03. The van der Waals surface area contributed by atoms with Crippen LogP contribution in [0.3, 0.4) is 0 Å². The van der Waals surface area contributed by atoms with Crippen molar-refractivity contribution in [3.05, 3.63) is 29.8 Å². The molecule has 0 aliphatic rings. The topological polar surface area (TPSA) is 0 Å². The SMILES string of the molecule is CC(C)(C)c1ccc(SCCCCCS)cc1. The van der Waals surface area contributed by atoms with Gasteiger partial charge in [-0.05, 0) is 47.5 Å². The van der Waals surface area contributed by atoms with Crippen LogP contribution in [0.4, 0.5) is 0 Å². The Kier molecular flexibility index (Phi) is 6.50. The van der Waals surface area contributed by atoms with Crippen LogP contribution in [-0.4, -0.2) is 11.5 Å². The van der Waals surface area contributed by atoms with E-state index in [2.05, 4.69) is 57.7 Å². The van der Waals surface area contributed by atoms with Crippen molar-refractivity contribution in [1.82, 2.24) is 0 Å². The fourth-order valence-corrected chi connectivity index (χ4v) is 2.77. The van der Waals surface area contributed by atoms with E-state index in [0.29, 0.717) is 0 Å². The van der Waals surface area contributed by atoms with Crippen LogP contribution < -0.4 is 0 Å². The number of hydrogen-bond acceptors (Lipinski definition) is 2. The van der Waals surface area contributed by atoms with Gasteiger partial charge in [-0.3, -0.25) is 0 Å². The lowest BCUT2D eigenvalue weighted by atomic mass is 9.87. The van der Waals surface area contributed by atoms with Crippen LogP contribution in [-0.2, 0) is 5.41 Å². The highest BCUT2D eigenvalue weighted by atomic mass is 32.2. The first kappa shape index (κ1) is 15.0. The summed E-state index contributed by atoms with van der Waals surface area (Å²) in [6.07, 6.45) is 3.84. The Balaban J connectivity index is 2.36. The second-order valence-corrected chi connectivity index (χ2v) is 7.02. The van der Waals surface area contributed by atoms with Crippen LogP contribution >= 0.6 is 24.4 Å². The van der Waals surface area contributed by atoms with E-state index in [1.54, 1.807) is 0 Å². The average Bonchev–Trinajstić information content (AvgIpc) is 2.28. The molecule has 0 saturated heterocycles. The average molecular weight is 268 g/mol. The molecular formula is C15H24S2. The molecule has 0 spiro atoms. The molecule has 1 rings (SSSR count). The Labute approximate surface area is 116 Å². The summed E-state index contributed by atoms with van der Waals surface area (Å²) < 4.78 is 0. The first-order chi connectivity index (χ1) is 8.04. The van der Waals surface area contributed by atoms with Crippen molar-refractivity contribution in [2.45, 2.75) is 50.3 Å². The molecule has 0 bridgehead atoms. The molecule has 0 aliphatic heterocycles. The summed E-state index contributed by atoms with van der Waals surface area (Å²) in [7, 11) is 0. The molecule has 0 heterocycles. The van der Waals surface area contributed by atoms with Crippen molar-refractivity contribution in [2.24, 2.45) is 0 Å². The van der Waals surface area contributed by atoms with Crippen molar-refractivity contribution in [3.63, 3.8) is 0 Å². The third kappa shape index (κ3) is 5.87. The number of thioether (sulfide) groups is 1. The van der Waals surface area contributed by atoms with Crippen molar-refractivity contribution in [1.29, 1.82) is 0 Å². The molecule has 17 heavy (non-hydrogen) atoms. The van der Waals surface area contributed by atoms with E-state index in [1.165, 1.54) is 35.5 Å². The third-order valence-corrected chi connectivity index (χ3v) is 4.21. The monoisotopic (exact) mass is 268 g/mol. The number of benzene rings is 1. The standard InChI is InChI=1S/C15H24S2/c1-15(2,3)13-7-9-14(10-8-13)17-12-6-4-5-11-16/h7-10,16H,4-6,11-12H2,1-3H3. The van der Waals surface area contributed by atoms with E-state index in [-0.39, 0.29) is 5.41 Å². The van der Waals surface area contributed by atoms with Crippen LogP contribution in [0.25, 0.3) is 0 Å². The van der Waals surface area contributed by atoms with E-state index < -0.39 is 0 Å². The van der Waals surface area contributed by atoms with Gasteiger partial charge in [0, 0.05) is 4.90 Å². The molecule has 0 radical (unpaired) electrons. The quantitative estimate of drug-likeness (QED) is 0.421. The Hall–Kier alpha value is -0.0800. The summed E-state index contributed by atoms with van der Waals surface area (Å²) in [6.45, 7) is 6.77.